The predicted octanol–water partition coefficient (Wildman–Crippen LogP) is 5.11. The van der Waals surface area contributed by atoms with Crippen molar-refractivity contribution in [2.45, 2.75) is 88.5 Å². The molecule has 4 rings (SSSR count). The minimum atomic E-state index is -0.537. The minimum Gasteiger partial charge on any atom is -0.462 e. The summed E-state index contributed by atoms with van der Waals surface area (Å²) in [7, 11) is 0. The number of alkyl halides is 2. The van der Waals surface area contributed by atoms with Crippen LogP contribution >= 0.6 is 23.2 Å². The van der Waals surface area contributed by atoms with Gasteiger partial charge < -0.3 is 4.74 Å². The molecule has 4 fully saturated rings. The van der Waals surface area contributed by atoms with E-state index in [1.165, 1.54) is 6.92 Å². The van der Waals surface area contributed by atoms with E-state index in [1.807, 2.05) is 0 Å². The predicted molar refractivity (Wildman–Crippen MR) is 102 cm³/mol. The van der Waals surface area contributed by atoms with Crippen molar-refractivity contribution in [2.75, 3.05) is 0 Å². The lowest BCUT2D eigenvalue weighted by molar-refractivity contribution is -0.156. The van der Waals surface area contributed by atoms with Crippen LogP contribution in [-0.4, -0.2) is 28.1 Å². The smallest absolute Gasteiger partial charge is 0.302 e. The van der Waals surface area contributed by atoms with Crippen molar-refractivity contribution in [1.29, 1.82) is 0 Å². The number of hydrogen-bond donors (Lipinski definition) is 0. The number of esters is 1. The number of hydrogen-bond acceptors (Lipinski definition) is 3. The van der Waals surface area contributed by atoms with E-state index in [2.05, 4.69) is 13.8 Å². The Morgan fingerprint density at radius 1 is 1.15 bits per heavy atom. The van der Waals surface area contributed by atoms with E-state index in [9.17, 15) is 9.59 Å². The second kappa shape index (κ2) is 6.11. The molecule has 146 valence electrons. The molecule has 0 heterocycles. The van der Waals surface area contributed by atoms with Crippen LogP contribution in [0.1, 0.15) is 72.1 Å². The van der Waals surface area contributed by atoms with Crippen LogP contribution in [0.5, 0.6) is 0 Å². The Labute approximate surface area is 166 Å². The Bertz CT molecular complexity index is 637. The highest BCUT2D eigenvalue weighted by atomic mass is 35.5. The normalized spacial score (nSPS) is 53.4. The largest absolute Gasteiger partial charge is 0.462 e. The van der Waals surface area contributed by atoms with Gasteiger partial charge in [-0.25, -0.2) is 0 Å². The average Bonchev–Trinajstić information content (AvgIpc) is 2.86. The number of fused-ring (bicyclic) bond motifs is 5. The number of ether oxygens (including phenoxy) is 1. The summed E-state index contributed by atoms with van der Waals surface area (Å²) in [4.78, 5) is 23.4. The van der Waals surface area contributed by atoms with E-state index in [1.54, 1.807) is 0 Å². The summed E-state index contributed by atoms with van der Waals surface area (Å²) in [5.74, 6) is 1.68. The Balaban J connectivity index is 1.65. The van der Waals surface area contributed by atoms with Crippen molar-refractivity contribution in [3.05, 3.63) is 0 Å². The first-order chi connectivity index (χ1) is 12.1. The molecule has 0 N–H and O–H groups in total. The van der Waals surface area contributed by atoms with E-state index in [4.69, 9.17) is 27.9 Å². The third kappa shape index (κ3) is 2.45. The molecule has 0 aliphatic heterocycles. The lowest BCUT2D eigenvalue weighted by atomic mass is 9.44. The van der Waals surface area contributed by atoms with Crippen LogP contribution < -0.4 is 0 Å². The molecule has 0 saturated heterocycles. The Kier molecular flexibility index (Phi) is 4.48. The zero-order valence-corrected chi connectivity index (χ0v) is 17.5. The Morgan fingerprint density at radius 2 is 1.88 bits per heavy atom. The molecule has 4 aliphatic rings. The highest BCUT2D eigenvalue weighted by molar-refractivity contribution is 6.33. The van der Waals surface area contributed by atoms with E-state index in [0.29, 0.717) is 30.0 Å². The Hall–Kier alpha value is -0.280. The third-order valence-electron chi connectivity index (χ3n) is 8.73. The highest BCUT2D eigenvalue weighted by Crippen LogP contribution is 2.69. The van der Waals surface area contributed by atoms with Gasteiger partial charge in [-0.3, -0.25) is 9.59 Å². The van der Waals surface area contributed by atoms with Crippen LogP contribution in [0.15, 0.2) is 0 Å². The lowest BCUT2D eigenvalue weighted by Crippen LogP contribution is -2.65. The minimum absolute atomic E-state index is 0.0620. The van der Waals surface area contributed by atoms with Gasteiger partial charge in [-0.05, 0) is 61.7 Å². The number of Topliss-reactive ketones (excluding diaryl/α,β-unsaturated/α-hetero) is 1. The lowest BCUT2D eigenvalue weighted by Gasteiger charge is -2.64. The zero-order valence-electron chi connectivity index (χ0n) is 16.0. The SMILES string of the molecule is CC(=O)OC1CCC2(C)C3CCC4(C)C(=O)CCC4C3C[C@@H](Cl)[C@@]2(Cl)C1. The maximum atomic E-state index is 12.6. The van der Waals surface area contributed by atoms with Crippen LogP contribution in [0.25, 0.3) is 0 Å². The van der Waals surface area contributed by atoms with Gasteiger partial charge in [-0.1, -0.05) is 13.8 Å². The summed E-state index contributed by atoms with van der Waals surface area (Å²) < 4.78 is 5.51. The van der Waals surface area contributed by atoms with Gasteiger partial charge in [-0.2, -0.15) is 0 Å². The third-order valence-corrected chi connectivity index (χ3v) is 10.2. The molecule has 0 bridgehead atoms. The second-order valence-electron chi connectivity index (χ2n) is 9.75. The van der Waals surface area contributed by atoms with Gasteiger partial charge >= 0.3 is 5.97 Å². The molecule has 26 heavy (non-hydrogen) atoms. The molecule has 6 unspecified atom stereocenters. The van der Waals surface area contributed by atoms with E-state index in [-0.39, 0.29) is 28.3 Å². The van der Waals surface area contributed by atoms with Gasteiger partial charge in [0, 0.05) is 25.2 Å². The first-order valence-electron chi connectivity index (χ1n) is 10.2. The number of rotatable bonds is 1. The molecular formula is C21H30Cl2O3. The molecule has 0 radical (unpaired) electrons. The van der Waals surface area contributed by atoms with Gasteiger partial charge in [0.15, 0.2) is 0 Å². The van der Waals surface area contributed by atoms with Gasteiger partial charge in [0.2, 0.25) is 0 Å². The number of carbonyl (C=O) groups excluding carboxylic acids is 2. The molecule has 0 aromatic carbocycles. The fourth-order valence-corrected chi connectivity index (χ4v) is 8.29. The first-order valence-corrected chi connectivity index (χ1v) is 11.0. The van der Waals surface area contributed by atoms with Crippen molar-refractivity contribution < 1.29 is 14.3 Å². The van der Waals surface area contributed by atoms with Gasteiger partial charge in [-0.15, -0.1) is 23.2 Å². The van der Waals surface area contributed by atoms with Crippen molar-refractivity contribution in [3.63, 3.8) is 0 Å². The fraction of sp³-hybridized carbons (Fsp3) is 0.905. The number of halogens is 2. The van der Waals surface area contributed by atoms with Gasteiger partial charge in [0.25, 0.3) is 0 Å². The molecule has 4 aliphatic carbocycles. The van der Waals surface area contributed by atoms with Crippen LogP contribution in [0.3, 0.4) is 0 Å². The molecule has 0 spiro atoms. The second-order valence-corrected chi connectivity index (χ2v) is 11.0. The summed E-state index contributed by atoms with van der Waals surface area (Å²) in [6, 6.07) is 0. The summed E-state index contributed by atoms with van der Waals surface area (Å²) in [5, 5.41) is -0.146. The van der Waals surface area contributed by atoms with Crippen molar-refractivity contribution in [1.82, 2.24) is 0 Å². The van der Waals surface area contributed by atoms with Crippen LogP contribution in [0.4, 0.5) is 0 Å². The molecule has 3 nitrogen and oxygen atoms in total. The standard InChI is InChI=1S/C21H30Cl2O3/c1-12(24)26-13-6-9-20(3)16-7-8-19(2)15(4-5-18(19)25)14(16)10-17(22)21(20,23)11-13/h13-17H,4-11H2,1-3H3/t13?,14?,15?,16?,17-,19?,20?,21+/m1/s1. The van der Waals surface area contributed by atoms with Crippen molar-refractivity contribution in [3.8, 4) is 0 Å². The molecular weight excluding hydrogens is 371 g/mol. The van der Waals surface area contributed by atoms with Crippen LogP contribution in [0.2, 0.25) is 0 Å². The Morgan fingerprint density at radius 3 is 2.58 bits per heavy atom. The molecule has 4 saturated carbocycles. The molecule has 8 atom stereocenters. The summed E-state index contributed by atoms with van der Waals surface area (Å²) in [6.45, 7) is 5.97. The fourth-order valence-electron chi connectivity index (χ4n) is 7.25. The van der Waals surface area contributed by atoms with E-state index >= 15 is 0 Å². The summed E-state index contributed by atoms with van der Waals surface area (Å²) >= 11 is 14.2. The maximum absolute atomic E-state index is 12.6. The molecule has 0 aromatic rings. The van der Waals surface area contributed by atoms with E-state index < -0.39 is 4.87 Å². The number of carbonyl (C=O) groups is 2. The summed E-state index contributed by atoms with van der Waals surface area (Å²) in [6.07, 6.45) is 6.99. The average molecular weight is 401 g/mol. The van der Waals surface area contributed by atoms with Crippen molar-refractivity contribution in [2.24, 2.45) is 28.6 Å². The van der Waals surface area contributed by atoms with E-state index in [0.717, 1.165) is 44.9 Å². The first kappa shape index (κ1) is 19.1. The summed E-state index contributed by atoms with van der Waals surface area (Å²) in [5.41, 5.74) is -0.205. The highest BCUT2D eigenvalue weighted by Gasteiger charge is 2.67. The molecule has 5 heteroatoms. The van der Waals surface area contributed by atoms with Gasteiger partial charge in [0.1, 0.15) is 11.9 Å². The van der Waals surface area contributed by atoms with Crippen LogP contribution in [-0.2, 0) is 14.3 Å². The maximum Gasteiger partial charge on any atom is 0.302 e. The van der Waals surface area contributed by atoms with Crippen molar-refractivity contribution >= 4 is 35.0 Å². The quantitative estimate of drug-likeness (QED) is 0.453. The number of ketones is 1. The molecule has 0 amide bonds. The van der Waals surface area contributed by atoms with Crippen LogP contribution in [0, 0.1) is 28.6 Å². The molecule has 0 aromatic heterocycles. The topological polar surface area (TPSA) is 43.4 Å². The zero-order chi connectivity index (χ0) is 18.9. The monoisotopic (exact) mass is 400 g/mol. The van der Waals surface area contributed by atoms with Gasteiger partial charge in [0.05, 0.1) is 10.3 Å².